The normalized spacial score (nSPS) is 16.5. The van der Waals surface area contributed by atoms with E-state index in [0.29, 0.717) is 12.2 Å². The summed E-state index contributed by atoms with van der Waals surface area (Å²) in [6, 6.07) is 4.37. The second-order valence-electron chi connectivity index (χ2n) is 6.38. The first kappa shape index (κ1) is 21.7. The molecule has 1 aromatic rings. The van der Waals surface area contributed by atoms with Gasteiger partial charge < -0.3 is 15.8 Å². The number of halogens is 1. The van der Waals surface area contributed by atoms with E-state index >= 15 is 0 Å². The second-order valence-corrected chi connectivity index (χ2v) is 8.09. The maximum Gasteiger partial charge on any atom is 0.244 e. The molecule has 0 bridgehead atoms. The number of anilines is 1. The van der Waals surface area contributed by atoms with Crippen LogP contribution >= 0.6 is 12.4 Å². The number of carbonyl (C=O) groups excluding carboxylic acids is 1. The lowest BCUT2D eigenvalue weighted by atomic mass is 9.96. The topological polar surface area (TPSA) is 111 Å². The number of ether oxygens (including phenoxy) is 1. The lowest BCUT2D eigenvalue weighted by Crippen LogP contribution is -2.48. The van der Waals surface area contributed by atoms with Crippen molar-refractivity contribution in [1.29, 1.82) is 0 Å². The smallest absolute Gasteiger partial charge is 0.244 e. The second kappa shape index (κ2) is 8.35. The van der Waals surface area contributed by atoms with Gasteiger partial charge in [0.05, 0.1) is 23.2 Å². The quantitative estimate of drug-likeness (QED) is 0.627. The third-order valence-electron chi connectivity index (χ3n) is 3.92. The average molecular weight is 392 g/mol. The van der Waals surface area contributed by atoms with Crippen molar-refractivity contribution in [3.05, 3.63) is 18.2 Å². The standard InChI is InChI=1S/C16H25N3O4S.ClH/c1-4-9-16(2,17)15(20)18-13-10-12(7-8-14(13)23-3)24(21,22)19-11-5-6-11;/h7-8,10-11,19H,4-6,9,17H2,1-3H3,(H,18,20);1H. The molecular formula is C16H26ClN3O4S. The Morgan fingerprint density at radius 3 is 2.56 bits per heavy atom. The largest absolute Gasteiger partial charge is 0.495 e. The van der Waals surface area contributed by atoms with E-state index in [2.05, 4.69) is 10.0 Å². The minimum atomic E-state index is -3.61. The van der Waals surface area contributed by atoms with Crippen molar-refractivity contribution in [2.45, 2.75) is 56.0 Å². The molecule has 1 saturated carbocycles. The van der Waals surface area contributed by atoms with E-state index < -0.39 is 15.6 Å². The molecule has 0 radical (unpaired) electrons. The average Bonchev–Trinajstić information content (AvgIpc) is 3.30. The monoisotopic (exact) mass is 391 g/mol. The molecule has 1 atom stereocenters. The molecule has 2 rings (SSSR count). The summed E-state index contributed by atoms with van der Waals surface area (Å²) in [6.45, 7) is 3.59. The molecule has 0 spiro atoms. The predicted octanol–water partition coefficient (Wildman–Crippen LogP) is 2.01. The van der Waals surface area contributed by atoms with Gasteiger partial charge in [0.2, 0.25) is 15.9 Å². The van der Waals surface area contributed by atoms with Crippen LogP contribution in [0.25, 0.3) is 0 Å². The Hall–Kier alpha value is -1.35. The van der Waals surface area contributed by atoms with Crippen LogP contribution < -0.4 is 20.5 Å². The lowest BCUT2D eigenvalue weighted by molar-refractivity contribution is -0.120. The third-order valence-corrected chi connectivity index (χ3v) is 5.43. The van der Waals surface area contributed by atoms with Gasteiger partial charge in [0.15, 0.2) is 0 Å². The van der Waals surface area contributed by atoms with E-state index in [4.69, 9.17) is 10.5 Å². The molecule has 1 aliphatic carbocycles. The van der Waals surface area contributed by atoms with Gasteiger partial charge in [0.25, 0.3) is 0 Å². The van der Waals surface area contributed by atoms with E-state index in [1.54, 1.807) is 6.92 Å². The van der Waals surface area contributed by atoms with Gasteiger partial charge in [-0.1, -0.05) is 13.3 Å². The number of nitrogens with two attached hydrogens (primary N) is 1. The molecule has 1 fully saturated rings. The highest BCUT2D eigenvalue weighted by Gasteiger charge is 2.30. The zero-order chi connectivity index (χ0) is 18.0. The van der Waals surface area contributed by atoms with Gasteiger partial charge in [0.1, 0.15) is 5.75 Å². The molecule has 4 N–H and O–H groups in total. The third kappa shape index (κ3) is 5.57. The van der Waals surface area contributed by atoms with Crippen LogP contribution in [0.5, 0.6) is 5.75 Å². The molecule has 0 aliphatic heterocycles. The number of hydrogen-bond acceptors (Lipinski definition) is 5. The van der Waals surface area contributed by atoms with Crippen molar-refractivity contribution in [2.75, 3.05) is 12.4 Å². The summed E-state index contributed by atoms with van der Waals surface area (Å²) in [5, 5.41) is 2.69. The van der Waals surface area contributed by atoms with Crippen LogP contribution in [0.15, 0.2) is 23.1 Å². The fraction of sp³-hybridized carbons (Fsp3) is 0.562. The Labute approximate surface area is 155 Å². The summed E-state index contributed by atoms with van der Waals surface area (Å²) in [6.07, 6.45) is 2.97. The van der Waals surface area contributed by atoms with Crippen molar-refractivity contribution in [2.24, 2.45) is 5.73 Å². The molecule has 1 amide bonds. The lowest BCUT2D eigenvalue weighted by Gasteiger charge is -2.23. The summed E-state index contributed by atoms with van der Waals surface area (Å²) < 4.78 is 32.5. The highest BCUT2D eigenvalue weighted by Crippen LogP contribution is 2.30. The van der Waals surface area contributed by atoms with Gasteiger partial charge in [-0.15, -0.1) is 12.4 Å². The van der Waals surface area contributed by atoms with E-state index in [1.807, 2.05) is 6.92 Å². The van der Waals surface area contributed by atoms with Gasteiger partial charge in [-0.3, -0.25) is 4.79 Å². The highest BCUT2D eigenvalue weighted by atomic mass is 35.5. The van der Waals surface area contributed by atoms with Gasteiger partial charge in [-0.05, 0) is 44.4 Å². The molecular weight excluding hydrogens is 366 g/mol. The summed E-state index contributed by atoms with van der Waals surface area (Å²) in [5.41, 5.74) is 5.27. The van der Waals surface area contributed by atoms with Crippen molar-refractivity contribution in [1.82, 2.24) is 4.72 Å². The van der Waals surface area contributed by atoms with Crippen LogP contribution in [0, 0.1) is 0 Å². The minimum Gasteiger partial charge on any atom is -0.495 e. The summed E-state index contributed by atoms with van der Waals surface area (Å²) >= 11 is 0. The van der Waals surface area contributed by atoms with Crippen molar-refractivity contribution in [3.8, 4) is 5.75 Å². The van der Waals surface area contributed by atoms with Crippen LogP contribution in [0.4, 0.5) is 5.69 Å². The number of carbonyl (C=O) groups is 1. The Balaban J connectivity index is 0.00000312. The van der Waals surface area contributed by atoms with Gasteiger partial charge in [-0.2, -0.15) is 0 Å². The molecule has 0 heterocycles. The van der Waals surface area contributed by atoms with Crippen LogP contribution in [0.3, 0.4) is 0 Å². The summed E-state index contributed by atoms with van der Waals surface area (Å²) in [4.78, 5) is 12.5. The molecule has 9 heteroatoms. The number of hydrogen-bond donors (Lipinski definition) is 3. The molecule has 25 heavy (non-hydrogen) atoms. The maximum absolute atomic E-state index is 12.4. The SMILES string of the molecule is CCCC(C)(N)C(=O)Nc1cc(S(=O)(=O)NC2CC2)ccc1OC.Cl. The number of benzene rings is 1. The van der Waals surface area contributed by atoms with Gasteiger partial charge in [0, 0.05) is 6.04 Å². The first-order valence-electron chi connectivity index (χ1n) is 8.00. The van der Waals surface area contributed by atoms with Crippen LogP contribution in [-0.2, 0) is 14.8 Å². The van der Waals surface area contributed by atoms with Gasteiger partial charge in [-0.25, -0.2) is 13.1 Å². The van der Waals surface area contributed by atoms with E-state index in [1.165, 1.54) is 25.3 Å². The van der Waals surface area contributed by atoms with Crippen molar-refractivity contribution < 1.29 is 17.9 Å². The van der Waals surface area contributed by atoms with Crippen LogP contribution in [-0.4, -0.2) is 33.0 Å². The van der Waals surface area contributed by atoms with Gasteiger partial charge >= 0.3 is 0 Å². The van der Waals surface area contributed by atoms with Crippen molar-refractivity contribution in [3.63, 3.8) is 0 Å². The summed E-state index contributed by atoms with van der Waals surface area (Å²) in [7, 11) is -2.16. The zero-order valence-corrected chi connectivity index (χ0v) is 16.3. The molecule has 0 saturated heterocycles. The maximum atomic E-state index is 12.4. The first-order valence-corrected chi connectivity index (χ1v) is 9.48. The predicted molar refractivity (Wildman–Crippen MR) is 99.7 cm³/mol. The van der Waals surface area contributed by atoms with Crippen LogP contribution in [0.1, 0.15) is 39.5 Å². The number of nitrogens with one attached hydrogen (secondary N) is 2. The fourth-order valence-electron chi connectivity index (χ4n) is 2.34. The Bertz CT molecular complexity index is 718. The molecule has 1 unspecified atom stereocenters. The van der Waals surface area contributed by atoms with E-state index in [-0.39, 0.29) is 34.9 Å². The minimum absolute atomic E-state index is 0. The molecule has 1 aliphatic rings. The van der Waals surface area contributed by atoms with E-state index in [9.17, 15) is 13.2 Å². The Kier molecular flexibility index (Phi) is 7.25. The zero-order valence-electron chi connectivity index (χ0n) is 14.7. The molecule has 7 nitrogen and oxygen atoms in total. The molecule has 0 aromatic heterocycles. The number of sulfonamides is 1. The number of amides is 1. The van der Waals surface area contributed by atoms with Crippen molar-refractivity contribution >= 4 is 34.0 Å². The molecule has 142 valence electrons. The Morgan fingerprint density at radius 2 is 2.04 bits per heavy atom. The van der Waals surface area contributed by atoms with Crippen LogP contribution in [0.2, 0.25) is 0 Å². The Morgan fingerprint density at radius 1 is 1.40 bits per heavy atom. The van der Waals surface area contributed by atoms with E-state index in [0.717, 1.165) is 19.3 Å². The fourth-order valence-corrected chi connectivity index (χ4v) is 3.67. The number of methoxy groups -OCH3 is 1. The molecule has 1 aromatic carbocycles. The first-order chi connectivity index (χ1) is 11.2. The summed E-state index contributed by atoms with van der Waals surface area (Å²) in [5.74, 6) is -0.00614. The highest BCUT2D eigenvalue weighted by molar-refractivity contribution is 7.89. The number of rotatable bonds is 8.